The van der Waals surface area contributed by atoms with Crippen molar-refractivity contribution in [3.8, 4) is 0 Å². The van der Waals surface area contributed by atoms with Crippen molar-refractivity contribution in [3.05, 3.63) is 29.6 Å². The van der Waals surface area contributed by atoms with Crippen LogP contribution < -0.4 is 11.1 Å². The average Bonchev–Trinajstić information content (AvgIpc) is 2.38. The van der Waals surface area contributed by atoms with E-state index in [9.17, 15) is 9.59 Å². The number of hydrogen-bond donors (Lipinski definition) is 3. The summed E-state index contributed by atoms with van der Waals surface area (Å²) in [5, 5.41) is 11.4. The highest BCUT2D eigenvalue weighted by Gasteiger charge is 2.10. The largest absolute Gasteiger partial charge is 0.480 e. The first kappa shape index (κ1) is 15.1. The standard InChI is InChI=1S/C13H19N3O3/c1-9-5-6-10(8-16-9)12(17)15-7-3-2-4-11(14)13(18)19/h5-6,8,11H,2-4,7,14H2,1H3,(H,15,17)(H,18,19)/t11-/m0/s1. The minimum absolute atomic E-state index is 0.171. The molecular formula is C13H19N3O3. The summed E-state index contributed by atoms with van der Waals surface area (Å²) in [4.78, 5) is 26.2. The van der Waals surface area contributed by atoms with Crippen molar-refractivity contribution >= 4 is 11.9 Å². The van der Waals surface area contributed by atoms with E-state index in [1.54, 1.807) is 12.1 Å². The Hall–Kier alpha value is -1.95. The molecule has 0 bridgehead atoms. The maximum Gasteiger partial charge on any atom is 0.320 e. The molecule has 1 aromatic heterocycles. The third-order valence-electron chi connectivity index (χ3n) is 2.72. The van der Waals surface area contributed by atoms with E-state index in [0.717, 1.165) is 5.69 Å². The topological polar surface area (TPSA) is 105 Å². The number of unbranched alkanes of at least 4 members (excludes halogenated alkanes) is 1. The van der Waals surface area contributed by atoms with Gasteiger partial charge in [0.15, 0.2) is 0 Å². The molecule has 1 atom stereocenters. The van der Waals surface area contributed by atoms with E-state index in [4.69, 9.17) is 10.8 Å². The molecule has 0 unspecified atom stereocenters. The molecule has 104 valence electrons. The van der Waals surface area contributed by atoms with Crippen LogP contribution in [0, 0.1) is 6.92 Å². The van der Waals surface area contributed by atoms with Crippen molar-refractivity contribution in [3.63, 3.8) is 0 Å². The fraction of sp³-hybridized carbons (Fsp3) is 0.462. The second kappa shape index (κ2) is 7.48. The molecule has 6 heteroatoms. The van der Waals surface area contributed by atoms with Crippen LogP contribution in [-0.2, 0) is 4.79 Å². The number of aryl methyl sites for hydroxylation is 1. The van der Waals surface area contributed by atoms with Gasteiger partial charge in [-0.2, -0.15) is 0 Å². The van der Waals surface area contributed by atoms with Gasteiger partial charge in [0.05, 0.1) is 5.56 Å². The Morgan fingerprint density at radius 3 is 2.74 bits per heavy atom. The zero-order chi connectivity index (χ0) is 14.3. The SMILES string of the molecule is Cc1ccc(C(=O)NCCCC[C@H](N)C(=O)O)cn1. The maximum absolute atomic E-state index is 11.7. The Morgan fingerprint density at radius 1 is 1.42 bits per heavy atom. The first-order chi connectivity index (χ1) is 9.00. The van der Waals surface area contributed by atoms with Gasteiger partial charge in [-0.3, -0.25) is 14.6 Å². The van der Waals surface area contributed by atoms with E-state index in [2.05, 4.69) is 10.3 Å². The van der Waals surface area contributed by atoms with Crippen LogP contribution in [0.3, 0.4) is 0 Å². The quantitative estimate of drug-likeness (QED) is 0.629. The van der Waals surface area contributed by atoms with Crippen molar-refractivity contribution in [1.82, 2.24) is 10.3 Å². The number of pyridine rings is 1. The number of nitrogens with two attached hydrogens (primary N) is 1. The van der Waals surface area contributed by atoms with Crippen LogP contribution in [-0.4, -0.2) is 34.6 Å². The lowest BCUT2D eigenvalue weighted by atomic mass is 10.1. The zero-order valence-electron chi connectivity index (χ0n) is 10.9. The zero-order valence-corrected chi connectivity index (χ0v) is 10.9. The lowest BCUT2D eigenvalue weighted by molar-refractivity contribution is -0.138. The summed E-state index contributed by atoms with van der Waals surface area (Å²) in [6.07, 6.45) is 3.31. The van der Waals surface area contributed by atoms with Crippen molar-refractivity contribution in [2.75, 3.05) is 6.54 Å². The van der Waals surface area contributed by atoms with Crippen LogP contribution in [0.25, 0.3) is 0 Å². The molecule has 0 saturated heterocycles. The average molecular weight is 265 g/mol. The number of carbonyl (C=O) groups excluding carboxylic acids is 1. The van der Waals surface area contributed by atoms with Gasteiger partial charge in [0.25, 0.3) is 5.91 Å². The number of carbonyl (C=O) groups is 2. The first-order valence-corrected chi connectivity index (χ1v) is 6.20. The van der Waals surface area contributed by atoms with Crippen molar-refractivity contribution in [1.29, 1.82) is 0 Å². The summed E-state index contributed by atoms with van der Waals surface area (Å²) >= 11 is 0. The van der Waals surface area contributed by atoms with Crippen LogP contribution in [0.2, 0.25) is 0 Å². The van der Waals surface area contributed by atoms with Crippen LogP contribution in [0.4, 0.5) is 0 Å². The molecule has 0 aliphatic carbocycles. The Balaban J connectivity index is 2.21. The number of amides is 1. The van der Waals surface area contributed by atoms with Crippen LogP contribution in [0.1, 0.15) is 35.3 Å². The molecule has 1 rings (SSSR count). The summed E-state index contributed by atoms with van der Waals surface area (Å²) in [6.45, 7) is 2.35. The van der Waals surface area contributed by atoms with Gasteiger partial charge in [-0.05, 0) is 38.3 Å². The van der Waals surface area contributed by atoms with Gasteiger partial charge in [0.2, 0.25) is 0 Å². The predicted molar refractivity (Wildman–Crippen MR) is 70.8 cm³/mol. The van der Waals surface area contributed by atoms with Gasteiger partial charge in [-0.25, -0.2) is 0 Å². The van der Waals surface area contributed by atoms with Crippen molar-refractivity contribution in [2.24, 2.45) is 5.73 Å². The molecule has 1 heterocycles. The van der Waals surface area contributed by atoms with E-state index in [-0.39, 0.29) is 5.91 Å². The number of aromatic nitrogens is 1. The smallest absolute Gasteiger partial charge is 0.320 e. The molecule has 1 amide bonds. The van der Waals surface area contributed by atoms with E-state index < -0.39 is 12.0 Å². The lowest BCUT2D eigenvalue weighted by Crippen LogP contribution is -2.30. The van der Waals surface area contributed by atoms with Gasteiger partial charge in [-0.15, -0.1) is 0 Å². The molecule has 6 nitrogen and oxygen atoms in total. The van der Waals surface area contributed by atoms with E-state index in [1.165, 1.54) is 6.20 Å². The minimum Gasteiger partial charge on any atom is -0.480 e. The normalized spacial score (nSPS) is 11.9. The number of hydrogen-bond acceptors (Lipinski definition) is 4. The molecule has 4 N–H and O–H groups in total. The highest BCUT2D eigenvalue weighted by molar-refractivity contribution is 5.93. The second-order valence-corrected chi connectivity index (χ2v) is 4.38. The number of carboxylic acid groups (broad SMARTS) is 1. The fourth-order valence-corrected chi connectivity index (χ4v) is 1.52. The summed E-state index contributed by atoms with van der Waals surface area (Å²) in [5.41, 5.74) is 6.75. The van der Waals surface area contributed by atoms with Gasteiger partial charge in [-0.1, -0.05) is 0 Å². The molecule has 0 spiro atoms. The van der Waals surface area contributed by atoms with Crippen LogP contribution in [0.5, 0.6) is 0 Å². The highest BCUT2D eigenvalue weighted by Crippen LogP contribution is 2.01. The Morgan fingerprint density at radius 2 is 2.16 bits per heavy atom. The summed E-state index contributed by atoms with van der Waals surface area (Å²) in [7, 11) is 0. The molecule has 1 aromatic rings. The molecule has 0 radical (unpaired) electrons. The molecule has 0 fully saturated rings. The van der Waals surface area contributed by atoms with Crippen LogP contribution in [0.15, 0.2) is 18.3 Å². The third-order valence-corrected chi connectivity index (χ3v) is 2.72. The monoisotopic (exact) mass is 265 g/mol. The Kier molecular flexibility index (Phi) is 5.95. The molecule has 0 aliphatic heterocycles. The molecular weight excluding hydrogens is 246 g/mol. The van der Waals surface area contributed by atoms with Crippen molar-refractivity contribution in [2.45, 2.75) is 32.2 Å². The van der Waals surface area contributed by atoms with Gasteiger partial charge < -0.3 is 16.2 Å². The number of nitrogens with one attached hydrogen (secondary N) is 1. The summed E-state index contributed by atoms with van der Waals surface area (Å²) in [5.74, 6) is -1.16. The van der Waals surface area contributed by atoms with Gasteiger partial charge in [0, 0.05) is 18.4 Å². The van der Waals surface area contributed by atoms with Crippen molar-refractivity contribution < 1.29 is 14.7 Å². The minimum atomic E-state index is -0.991. The fourth-order valence-electron chi connectivity index (χ4n) is 1.52. The number of aliphatic carboxylic acids is 1. The number of nitrogens with zero attached hydrogens (tertiary/aromatic N) is 1. The van der Waals surface area contributed by atoms with Gasteiger partial charge >= 0.3 is 5.97 Å². The third kappa shape index (κ3) is 5.48. The van der Waals surface area contributed by atoms with E-state index in [1.807, 2.05) is 6.92 Å². The van der Waals surface area contributed by atoms with Crippen LogP contribution >= 0.6 is 0 Å². The molecule has 19 heavy (non-hydrogen) atoms. The molecule has 0 saturated carbocycles. The summed E-state index contributed by atoms with van der Waals surface area (Å²) in [6, 6.07) is 2.68. The lowest BCUT2D eigenvalue weighted by Gasteiger charge is -2.07. The van der Waals surface area contributed by atoms with E-state index >= 15 is 0 Å². The van der Waals surface area contributed by atoms with Gasteiger partial charge in [0.1, 0.15) is 6.04 Å². The second-order valence-electron chi connectivity index (χ2n) is 4.38. The number of carboxylic acids is 1. The number of rotatable bonds is 7. The summed E-state index contributed by atoms with van der Waals surface area (Å²) < 4.78 is 0. The molecule has 0 aliphatic rings. The maximum atomic E-state index is 11.7. The predicted octanol–water partition coefficient (Wildman–Crippen LogP) is 0.702. The highest BCUT2D eigenvalue weighted by atomic mass is 16.4. The van der Waals surface area contributed by atoms with E-state index in [0.29, 0.717) is 31.4 Å². The molecule has 0 aromatic carbocycles. The first-order valence-electron chi connectivity index (χ1n) is 6.20. The Bertz CT molecular complexity index is 431. The Labute approximate surface area is 112 Å².